The van der Waals surface area contributed by atoms with Gasteiger partial charge in [0, 0.05) is 50.4 Å². The van der Waals surface area contributed by atoms with Gasteiger partial charge in [0.1, 0.15) is 36.9 Å². The average Bonchev–Trinajstić information content (AvgIpc) is 3.23. The Kier molecular flexibility index (Phi) is 19.7. The molecule has 0 spiro atoms. The number of hydrogen-bond acceptors (Lipinski definition) is 10. The van der Waals surface area contributed by atoms with Crippen LogP contribution in [0.2, 0.25) is 0 Å². The van der Waals surface area contributed by atoms with Crippen LogP contribution in [0.25, 0.3) is 0 Å². The normalized spacial score (nSPS) is 14.0. The number of rotatable bonds is 24. The Morgan fingerprint density at radius 2 is 0.938 bits per heavy atom. The topological polar surface area (TPSA) is 102 Å². The minimum absolute atomic E-state index is 0.0622. The SMILES string of the molecule is CC(Cc1ccc(OCCN(C)C)cc1)NCC(OC(=O)/C=C/C(=O)OC(CNC(C)Cc1ccc(OCCN(C)C)cc1)c1cccc(C(F)(F)F)c1)c1cccc(C(F)(F)F)c1. The zero-order chi connectivity index (χ0) is 46.9. The molecule has 4 aromatic rings. The highest BCUT2D eigenvalue weighted by Gasteiger charge is 2.33. The standard InChI is InChI=1S/C48H58F6N4O6/c1-33(27-35-13-17-41(18-14-35)61-25-23-57(3)4)55-31-43(37-9-7-11-39(29-37)47(49,50)51)63-45(59)21-22-46(60)64-44(38-10-8-12-40(30-38)48(52,53)54)32-56-34(2)28-36-15-19-42(20-16-36)62-26-24-58(5)6/h7-22,29-30,33-34,43-44,55-56H,23-28,31-32H2,1-6H3/b22-21+. The number of carbonyl (C=O) groups excluding carboxylic acids is 2. The van der Waals surface area contributed by atoms with Crippen molar-refractivity contribution in [2.45, 2.75) is 63.3 Å². The zero-order valence-electron chi connectivity index (χ0n) is 37.0. The Labute approximate surface area is 371 Å². The van der Waals surface area contributed by atoms with Crippen molar-refractivity contribution in [2.24, 2.45) is 0 Å². The number of likely N-dealkylation sites (N-methyl/N-ethyl adjacent to an activating group) is 2. The van der Waals surface area contributed by atoms with Crippen molar-refractivity contribution in [3.8, 4) is 11.5 Å². The van der Waals surface area contributed by atoms with E-state index in [1.165, 1.54) is 24.3 Å². The first-order valence-electron chi connectivity index (χ1n) is 20.9. The molecule has 0 fully saturated rings. The highest BCUT2D eigenvalue weighted by Crippen LogP contribution is 2.33. The maximum Gasteiger partial charge on any atom is 0.416 e. The van der Waals surface area contributed by atoms with E-state index in [1.54, 1.807) is 0 Å². The maximum absolute atomic E-state index is 13.7. The third kappa shape index (κ3) is 18.4. The third-order valence-corrected chi connectivity index (χ3v) is 9.89. The summed E-state index contributed by atoms with van der Waals surface area (Å²) in [5.74, 6) is -0.689. The Morgan fingerprint density at radius 1 is 0.578 bits per heavy atom. The third-order valence-electron chi connectivity index (χ3n) is 9.89. The van der Waals surface area contributed by atoms with E-state index >= 15 is 0 Å². The molecule has 0 aliphatic heterocycles. The molecule has 348 valence electrons. The predicted molar refractivity (Wildman–Crippen MR) is 233 cm³/mol. The van der Waals surface area contributed by atoms with Gasteiger partial charge in [-0.25, -0.2) is 9.59 Å². The van der Waals surface area contributed by atoms with E-state index in [1.807, 2.05) is 100 Å². The van der Waals surface area contributed by atoms with E-state index < -0.39 is 47.6 Å². The van der Waals surface area contributed by atoms with Crippen LogP contribution in [-0.4, -0.2) is 101 Å². The number of nitrogens with zero attached hydrogens (tertiary/aromatic N) is 2. The molecule has 64 heavy (non-hydrogen) atoms. The molecule has 2 N–H and O–H groups in total. The van der Waals surface area contributed by atoms with Crippen LogP contribution in [0.4, 0.5) is 26.3 Å². The van der Waals surface area contributed by atoms with E-state index in [-0.39, 0.29) is 36.3 Å². The lowest BCUT2D eigenvalue weighted by atomic mass is 10.0. The summed E-state index contributed by atoms with van der Waals surface area (Å²) in [4.78, 5) is 30.3. The van der Waals surface area contributed by atoms with Crippen molar-refractivity contribution in [2.75, 3.05) is 67.6 Å². The molecule has 0 radical (unpaired) electrons. The quantitative estimate of drug-likeness (QED) is 0.0405. The van der Waals surface area contributed by atoms with Crippen LogP contribution in [0.1, 0.15) is 59.4 Å². The fourth-order valence-corrected chi connectivity index (χ4v) is 6.38. The molecule has 0 amide bonds. The van der Waals surface area contributed by atoms with Crippen molar-refractivity contribution in [3.63, 3.8) is 0 Å². The second-order valence-corrected chi connectivity index (χ2v) is 16.0. The van der Waals surface area contributed by atoms with Crippen molar-refractivity contribution in [3.05, 3.63) is 143 Å². The Hall–Kier alpha value is -5.42. The summed E-state index contributed by atoms with van der Waals surface area (Å²) < 4.78 is 105. The summed E-state index contributed by atoms with van der Waals surface area (Å²) >= 11 is 0. The van der Waals surface area contributed by atoms with Gasteiger partial charge in [0.25, 0.3) is 0 Å². The van der Waals surface area contributed by atoms with Gasteiger partial charge in [0.2, 0.25) is 0 Å². The molecular formula is C48H58F6N4O6. The molecule has 4 aromatic carbocycles. The molecule has 4 atom stereocenters. The number of halogens is 6. The summed E-state index contributed by atoms with van der Waals surface area (Å²) in [6.45, 7) is 6.17. The number of nitrogens with one attached hydrogen (secondary N) is 2. The number of esters is 2. The highest BCUT2D eigenvalue weighted by molar-refractivity contribution is 5.91. The first-order chi connectivity index (χ1) is 30.2. The number of carbonyl (C=O) groups is 2. The lowest BCUT2D eigenvalue weighted by Gasteiger charge is -2.23. The van der Waals surface area contributed by atoms with Crippen molar-refractivity contribution in [1.29, 1.82) is 0 Å². The molecule has 0 aromatic heterocycles. The second kappa shape index (κ2) is 24.6. The van der Waals surface area contributed by atoms with Crippen LogP contribution in [0.5, 0.6) is 11.5 Å². The summed E-state index contributed by atoms with van der Waals surface area (Å²) in [6.07, 6.45) is -9.13. The minimum Gasteiger partial charge on any atom is -0.492 e. The van der Waals surface area contributed by atoms with E-state index in [9.17, 15) is 35.9 Å². The fourth-order valence-electron chi connectivity index (χ4n) is 6.38. The smallest absolute Gasteiger partial charge is 0.416 e. The summed E-state index contributed by atoms with van der Waals surface area (Å²) in [5.41, 5.74) is 0.184. The van der Waals surface area contributed by atoms with E-state index in [0.717, 1.165) is 60.6 Å². The van der Waals surface area contributed by atoms with Crippen LogP contribution in [0.15, 0.2) is 109 Å². The number of benzene rings is 4. The molecule has 4 rings (SSSR count). The summed E-state index contributed by atoms with van der Waals surface area (Å²) in [5, 5.41) is 6.45. The summed E-state index contributed by atoms with van der Waals surface area (Å²) in [6, 6.07) is 23.5. The molecule has 0 bridgehead atoms. The minimum atomic E-state index is -4.66. The monoisotopic (exact) mass is 900 g/mol. The lowest BCUT2D eigenvalue weighted by Crippen LogP contribution is -2.33. The highest BCUT2D eigenvalue weighted by atomic mass is 19.4. The van der Waals surface area contributed by atoms with E-state index in [2.05, 4.69) is 10.6 Å². The molecule has 16 heteroatoms. The largest absolute Gasteiger partial charge is 0.492 e. The Balaban J connectivity index is 1.42. The van der Waals surface area contributed by atoms with Crippen molar-refractivity contribution in [1.82, 2.24) is 20.4 Å². The Bertz CT molecular complexity index is 1930. The van der Waals surface area contributed by atoms with Gasteiger partial charge in [-0.2, -0.15) is 26.3 Å². The number of ether oxygens (including phenoxy) is 4. The van der Waals surface area contributed by atoms with Gasteiger partial charge in [-0.3, -0.25) is 0 Å². The lowest BCUT2D eigenvalue weighted by molar-refractivity contribution is -0.146. The van der Waals surface area contributed by atoms with Crippen LogP contribution >= 0.6 is 0 Å². The second-order valence-electron chi connectivity index (χ2n) is 16.0. The van der Waals surface area contributed by atoms with Gasteiger partial charge in [0.05, 0.1) is 11.1 Å². The van der Waals surface area contributed by atoms with Crippen molar-refractivity contribution < 1.29 is 54.9 Å². The van der Waals surface area contributed by atoms with Gasteiger partial charge in [-0.1, -0.05) is 48.5 Å². The summed E-state index contributed by atoms with van der Waals surface area (Å²) in [7, 11) is 7.80. The maximum atomic E-state index is 13.7. The van der Waals surface area contributed by atoms with Crippen LogP contribution < -0.4 is 20.1 Å². The molecule has 4 unspecified atom stereocenters. The molecule has 0 saturated heterocycles. The van der Waals surface area contributed by atoms with Crippen LogP contribution in [-0.2, 0) is 44.3 Å². The number of hydrogen-bond donors (Lipinski definition) is 2. The molecular weight excluding hydrogens is 843 g/mol. The average molecular weight is 901 g/mol. The van der Waals surface area contributed by atoms with Gasteiger partial charge in [-0.05, 0) is 126 Å². The van der Waals surface area contributed by atoms with Gasteiger partial charge in [-0.15, -0.1) is 0 Å². The molecule has 0 aliphatic rings. The van der Waals surface area contributed by atoms with E-state index in [4.69, 9.17) is 18.9 Å². The molecule has 10 nitrogen and oxygen atoms in total. The van der Waals surface area contributed by atoms with Crippen molar-refractivity contribution >= 4 is 11.9 Å². The molecule has 0 saturated carbocycles. The van der Waals surface area contributed by atoms with Crippen LogP contribution in [0.3, 0.4) is 0 Å². The fraction of sp³-hybridized carbons (Fsp3) is 0.417. The van der Waals surface area contributed by atoms with Crippen LogP contribution in [0, 0.1) is 0 Å². The van der Waals surface area contributed by atoms with Gasteiger partial charge in [0.15, 0.2) is 0 Å². The number of alkyl halides is 6. The first-order valence-corrected chi connectivity index (χ1v) is 20.9. The molecule has 0 heterocycles. The predicted octanol–water partition coefficient (Wildman–Crippen LogP) is 8.47. The van der Waals surface area contributed by atoms with Gasteiger partial charge < -0.3 is 39.4 Å². The first kappa shape index (κ1) is 51.2. The Morgan fingerprint density at radius 3 is 1.27 bits per heavy atom. The van der Waals surface area contributed by atoms with Gasteiger partial charge >= 0.3 is 24.3 Å². The zero-order valence-corrected chi connectivity index (χ0v) is 37.0. The van der Waals surface area contributed by atoms with E-state index in [0.29, 0.717) is 37.6 Å². The molecule has 0 aliphatic carbocycles.